The molecule has 2 aromatic carbocycles. The summed E-state index contributed by atoms with van der Waals surface area (Å²) in [4.78, 5) is 40.3. The topological polar surface area (TPSA) is 98.9 Å². The Balaban J connectivity index is 1.85. The van der Waals surface area contributed by atoms with Gasteiger partial charge in [0.1, 0.15) is 5.60 Å². The maximum atomic E-state index is 13.3. The number of ether oxygens (including phenoxy) is 2. The highest BCUT2D eigenvalue weighted by molar-refractivity contribution is 6.15. The summed E-state index contributed by atoms with van der Waals surface area (Å²) >= 11 is 0. The van der Waals surface area contributed by atoms with Gasteiger partial charge in [-0.2, -0.15) is 0 Å². The van der Waals surface area contributed by atoms with Gasteiger partial charge in [0.05, 0.1) is 24.3 Å². The third kappa shape index (κ3) is 5.37. The number of carbonyl (C=O) groups excluding carboxylic acids is 3. The van der Waals surface area contributed by atoms with Crippen molar-refractivity contribution in [1.82, 2.24) is 4.90 Å². The van der Waals surface area contributed by atoms with E-state index in [-0.39, 0.29) is 29.9 Å². The van der Waals surface area contributed by atoms with Crippen LogP contribution in [0.15, 0.2) is 54.6 Å². The molecule has 0 radical (unpaired) electrons. The van der Waals surface area contributed by atoms with Crippen LogP contribution in [0, 0.1) is 0 Å². The predicted octanol–water partition coefficient (Wildman–Crippen LogP) is 3.56. The molecule has 0 aromatic heterocycles. The fourth-order valence-electron chi connectivity index (χ4n) is 3.49. The van der Waals surface area contributed by atoms with Crippen molar-refractivity contribution < 1.29 is 23.9 Å². The normalized spacial score (nSPS) is 19.0. The molecule has 2 amide bonds. The summed E-state index contributed by atoms with van der Waals surface area (Å²) in [6.45, 7) is 5.72. The number of fused-ring (bicyclic) bond motifs is 1. The van der Waals surface area contributed by atoms with Crippen molar-refractivity contribution in [1.29, 1.82) is 0 Å². The third-order valence-corrected chi connectivity index (χ3v) is 4.95. The van der Waals surface area contributed by atoms with Gasteiger partial charge in [-0.25, -0.2) is 9.69 Å². The molecule has 0 bridgehead atoms. The number of nitrogens with two attached hydrogens (primary N) is 1. The minimum Gasteiger partial charge on any atom is -0.443 e. The summed E-state index contributed by atoms with van der Waals surface area (Å²) in [7, 11) is 0. The van der Waals surface area contributed by atoms with Crippen LogP contribution in [0.1, 0.15) is 53.5 Å². The van der Waals surface area contributed by atoms with Gasteiger partial charge in [-0.15, -0.1) is 0 Å². The van der Waals surface area contributed by atoms with Crippen molar-refractivity contribution in [2.45, 2.75) is 51.5 Å². The molecule has 2 N–H and O–H groups in total. The maximum absolute atomic E-state index is 13.3. The summed E-state index contributed by atoms with van der Waals surface area (Å²) in [5.74, 6) is -0.984. The van der Waals surface area contributed by atoms with Gasteiger partial charge in [0.15, 0.2) is 5.78 Å². The number of nitrogens with zero attached hydrogens (tertiary/aromatic N) is 1. The van der Waals surface area contributed by atoms with Crippen molar-refractivity contribution in [2.24, 2.45) is 5.73 Å². The van der Waals surface area contributed by atoms with Gasteiger partial charge in [0, 0.05) is 12.2 Å². The number of rotatable bonds is 5. The minimum atomic E-state index is -1.08. The van der Waals surface area contributed by atoms with E-state index < -0.39 is 29.7 Å². The molecule has 7 heteroatoms. The van der Waals surface area contributed by atoms with Crippen molar-refractivity contribution in [3.8, 4) is 0 Å². The minimum absolute atomic E-state index is 0.140. The summed E-state index contributed by atoms with van der Waals surface area (Å²) in [6.07, 6.45) is -0.621. The second-order valence-corrected chi connectivity index (χ2v) is 8.49. The zero-order chi connectivity index (χ0) is 22.6. The number of hydrogen-bond donors (Lipinski definition) is 1. The third-order valence-electron chi connectivity index (χ3n) is 4.95. The van der Waals surface area contributed by atoms with E-state index >= 15 is 0 Å². The average Bonchev–Trinajstić information content (AvgIpc) is 2.80. The molecule has 2 aromatic rings. The van der Waals surface area contributed by atoms with Crippen molar-refractivity contribution in [2.75, 3.05) is 6.61 Å². The molecule has 2 atom stereocenters. The Hall–Kier alpha value is -3.03. The number of ketones is 1. The quantitative estimate of drug-likeness (QED) is 0.737. The first-order chi connectivity index (χ1) is 14.7. The van der Waals surface area contributed by atoms with Gasteiger partial charge in [-0.1, -0.05) is 48.5 Å². The molecule has 0 spiro atoms. The molecule has 31 heavy (non-hydrogen) atoms. The first kappa shape index (κ1) is 22.7. The molecule has 0 saturated heterocycles. The summed E-state index contributed by atoms with van der Waals surface area (Å²) in [5.41, 5.74) is 6.81. The first-order valence-corrected chi connectivity index (χ1v) is 10.3. The average molecular weight is 424 g/mol. The number of carbonyl (C=O) groups is 3. The highest BCUT2D eigenvalue weighted by Gasteiger charge is 2.43. The van der Waals surface area contributed by atoms with Crippen LogP contribution in [0.5, 0.6) is 0 Å². The Bertz CT molecular complexity index is 952. The van der Waals surface area contributed by atoms with Gasteiger partial charge >= 0.3 is 6.09 Å². The van der Waals surface area contributed by atoms with Gasteiger partial charge in [0.25, 0.3) is 5.91 Å². The van der Waals surface area contributed by atoms with E-state index in [9.17, 15) is 14.4 Å². The van der Waals surface area contributed by atoms with Crippen LogP contribution in [0.4, 0.5) is 4.79 Å². The van der Waals surface area contributed by atoms with Gasteiger partial charge < -0.3 is 15.2 Å². The van der Waals surface area contributed by atoms with Crippen LogP contribution in [0.3, 0.4) is 0 Å². The van der Waals surface area contributed by atoms with Crippen LogP contribution in [0.25, 0.3) is 0 Å². The Morgan fingerprint density at radius 1 is 1.00 bits per heavy atom. The van der Waals surface area contributed by atoms with E-state index in [1.165, 1.54) is 6.07 Å². The van der Waals surface area contributed by atoms with Crippen LogP contribution in [-0.4, -0.2) is 47.0 Å². The lowest BCUT2D eigenvalue weighted by Crippen LogP contribution is -2.55. The molecule has 3 rings (SSSR count). The van der Waals surface area contributed by atoms with Crippen molar-refractivity contribution in [3.05, 3.63) is 71.3 Å². The van der Waals surface area contributed by atoms with E-state index in [0.29, 0.717) is 6.61 Å². The zero-order valence-corrected chi connectivity index (χ0v) is 18.0. The summed E-state index contributed by atoms with van der Waals surface area (Å²) in [5, 5.41) is 0. The fourth-order valence-corrected chi connectivity index (χ4v) is 3.49. The molecule has 1 heterocycles. The SMILES string of the molecule is CC(C)(C)OC(=O)N1C(=O)c2ccccc2C(=O)C(N)[C@@H]1CCOCc1ccccc1. The number of hydrogen-bond acceptors (Lipinski definition) is 6. The van der Waals surface area contributed by atoms with Crippen LogP contribution >= 0.6 is 0 Å². The van der Waals surface area contributed by atoms with E-state index in [1.807, 2.05) is 30.3 Å². The molecule has 164 valence electrons. The molecule has 0 saturated carbocycles. The fraction of sp³-hybridized carbons (Fsp3) is 0.375. The van der Waals surface area contributed by atoms with E-state index in [0.717, 1.165) is 10.5 Å². The molecule has 1 aliphatic heterocycles. The molecule has 7 nitrogen and oxygen atoms in total. The Labute approximate surface area is 182 Å². The van der Waals surface area contributed by atoms with Crippen molar-refractivity contribution in [3.63, 3.8) is 0 Å². The first-order valence-electron chi connectivity index (χ1n) is 10.3. The number of benzene rings is 2. The summed E-state index contributed by atoms with van der Waals surface area (Å²) in [6, 6.07) is 14.0. The van der Waals surface area contributed by atoms with E-state index in [2.05, 4.69) is 0 Å². The molecular weight excluding hydrogens is 396 g/mol. The van der Waals surface area contributed by atoms with Gasteiger partial charge in [-0.3, -0.25) is 9.59 Å². The zero-order valence-electron chi connectivity index (χ0n) is 18.0. The summed E-state index contributed by atoms with van der Waals surface area (Å²) < 4.78 is 11.2. The van der Waals surface area contributed by atoms with E-state index in [1.54, 1.807) is 39.0 Å². The van der Waals surface area contributed by atoms with Crippen LogP contribution in [0.2, 0.25) is 0 Å². The monoisotopic (exact) mass is 424 g/mol. The lowest BCUT2D eigenvalue weighted by Gasteiger charge is -2.32. The highest BCUT2D eigenvalue weighted by atomic mass is 16.6. The Morgan fingerprint density at radius 3 is 2.26 bits per heavy atom. The molecular formula is C24H28N2O5. The molecule has 1 aliphatic rings. The molecule has 0 aliphatic carbocycles. The largest absolute Gasteiger partial charge is 0.443 e. The lowest BCUT2D eigenvalue weighted by molar-refractivity contribution is 0.0107. The second kappa shape index (κ2) is 9.41. The Morgan fingerprint density at radius 2 is 1.61 bits per heavy atom. The van der Waals surface area contributed by atoms with Crippen molar-refractivity contribution >= 4 is 17.8 Å². The van der Waals surface area contributed by atoms with Gasteiger partial charge in [-0.05, 0) is 38.8 Å². The van der Waals surface area contributed by atoms with Crippen LogP contribution in [-0.2, 0) is 16.1 Å². The number of Topliss-reactive ketones (excluding diaryl/α,β-unsaturated/α-hetero) is 1. The second-order valence-electron chi connectivity index (χ2n) is 8.49. The number of imide groups is 1. The standard InChI is InChI=1S/C24H28N2O5/c1-24(2,3)31-23(29)26-19(13-14-30-15-16-9-5-4-6-10-16)20(25)21(27)17-11-7-8-12-18(17)22(26)28/h4-12,19-20H,13-15,25H2,1-3H3/t19-,20?/m0/s1. The predicted molar refractivity (Wildman–Crippen MR) is 116 cm³/mol. The molecule has 1 unspecified atom stereocenters. The van der Waals surface area contributed by atoms with Crippen LogP contribution < -0.4 is 5.73 Å². The molecule has 0 fully saturated rings. The lowest BCUT2D eigenvalue weighted by atomic mass is 9.96. The highest BCUT2D eigenvalue weighted by Crippen LogP contribution is 2.26. The maximum Gasteiger partial charge on any atom is 0.417 e. The Kier molecular flexibility index (Phi) is 6.87. The number of amides is 2. The van der Waals surface area contributed by atoms with E-state index in [4.69, 9.17) is 15.2 Å². The van der Waals surface area contributed by atoms with Gasteiger partial charge in [0.2, 0.25) is 0 Å². The smallest absolute Gasteiger partial charge is 0.417 e.